The van der Waals surface area contributed by atoms with E-state index in [2.05, 4.69) is 25.3 Å². The van der Waals surface area contributed by atoms with Gasteiger partial charge in [-0.05, 0) is 95.7 Å². The average molecular weight is 636 g/mol. The molecule has 3 aromatic heterocycles. The number of fused-ring (bicyclic) bond motifs is 1. The van der Waals surface area contributed by atoms with E-state index in [1.54, 1.807) is 19.2 Å². The summed E-state index contributed by atoms with van der Waals surface area (Å²) in [7, 11) is -4.15. The first kappa shape index (κ1) is 32.0. The number of hydrogen-bond acceptors (Lipinski definition) is 9. The van der Waals surface area contributed by atoms with Crippen molar-refractivity contribution in [3.05, 3.63) is 65.7 Å². The van der Waals surface area contributed by atoms with Gasteiger partial charge < -0.3 is 15.4 Å². The maximum atomic E-state index is 14.1. The molecule has 3 heterocycles. The van der Waals surface area contributed by atoms with Gasteiger partial charge in [0, 0.05) is 23.3 Å². The molecule has 0 aliphatic heterocycles. The Labute approximate surface area is 262 Å². The van der Waals surface area contributed by atoms with E-state index in [0.717, 1.165) is 48.4 Å². The van der Waals surface area contributed by atoms with Crippen LogP contribution >= 0.6 is 0 Å². The lowest BCUT2D eigenvalue weighted by atomic mass is 9.91. The van der Waals surface area contributed by atoms with Gasteiger partial charge in [-0.15, -0.1) is 0 Å². The van der Waals surface area contributed by atoms with Crippen molar-refractivity contribution in [2.24, 2.45) is 0 Å². The second kappa shape index (κ2) is 12.9. The Hall–Kier alpha value is -4.39. The number of halogens is 1. The number of carbonyl (C=O) groups is 1. The highest BCUT2D eigenvalue weighted by Crippen LogP contribution is 2.29. The molecule has 1 amide bonds. The van der Waals surface area contributed by atoms with Crippen molar-refractivity contribution < 1.29 is 22.3 Å². The monoisotopic (exact) mass is 635 g/mol. The lowest BCUT2D eigenvalue weighted by Gasteiger charge is -2.30. The van der Waals surface area contributed by atoms with Crippen LogP contribution in [0.15, 0.2) is 53.6 Å². The predicted octanol–water partition coefficient (Wildman–Crippen LogP) is 6.15. The third-order valence-electron chi connectivity index (χ3n) is 7.51. The molecule has 0 unspecified atom stereocenters. The summed E-state index contributed by atoms with van der Waals surface area (Å²) in [6.07, 6.45) is 5.39. The summed E-state index contributed by atoms with van der Waals surface area (Å²) in [6, 6.07) is 10.6. The molecule has 0 radical (unpaired) electrons. The van der Waals surface area contributed by atoms with Crippen molar-refractivity contribution in [2.45, 2.75) is 89.3 Å². The third-order valence-corrected chi connectivity index (χ3v) is 8.90. The van der Waals surface area contributed by atoms with Crippen LogP contribution in [-0.2, 0) is 21.2 Å². The fourth-order valence-corrected chi connectivity index (χ4v) is 6.43. The van der Waals surface area contributed by atoms with E-state index in [9.17, 15) is 17.6 Å². The minimum absolute atomic E-state index is 0.0730. The maximum absolute atomic E-state index is 14.1. The average Bonchev–Trinajstić information content (AvgIpc) is 2.96. The fourth-order valence-electron chi connectivity index (χ4n) is 5.35. The summed E-state index contributed by atoms with van der Waals surface area (Å²) < 4.78 is 47.3. The highest BCUT2D eigenvalue weighted by atomic mass is 32.2. The number of aryl methyl sites for hydroxylation is 2. The van der Waals surface area contributed by atoms with Crippen molar-refractivity contribution in [3.8, 4) is 11.3 Å². The molecule has 1 aliphatic rings. The molecule has 238 valence electrons. The Morgan fingerprint density at radius 2 is 1.73 bits per heavy atom. The first-order chi connectivity index (χ1) is 21.3. The number of pyridine rings is 2. The molecular weight excluding hydrogens is 597 g/mol. The molecular formula is C32H38FN7O4S. The molecule has 0 atom stereocenters. The van der Waals surface area contributed by atoms with E-state index >= 15 is 0 Å². The van der Waals surface area contributed by atoms with Crippen molar-refractivity contribution in [3.63, 3.8) is 0 Å². The molecule has 3 N–H and O–H groups in total. The lowest BCUT2D eigenvalue weighted by molar-refractivity contribution is 0.0492. The van der Waals surface area contributed by atoms with Crippen LogP contribution in [0.5, 0.6) is 0 Å². The highest BCUT2D eigenvalue weighted by molar-refractivity contribution is 7.92. The number of sulfonamides is 1. The van der Waals surface area contributed by atoms with Crippen molar-refractivity contribution in [1.29, 1.82) is 0 Å². The van der Waals surface area contributed by atoms with Gasteiger partial charge in [-0.1, -0.05) is 19.1 Å². The van der Waals surface area contributed by atoms with Gasteiger partial charge in [0.2, 0.25) is 5.95 Å². The number of carbonyl (C=O) groups excluding carboxylic acids is 1. The Bertz CT molecular complexity index is 1820. The smallest absolute Gasteiger partial charge is 0.407 e. The summed E-state index contributed by atoms with van der Waals surface area (Å²) >= 11 is 0. The number of ether oxygens (including phenoxy) is 1. The summed E-state index contributed by atoms with van der Waals surface area (Å²) in [5.74, 6) is -0.240. The topological polar surface area (TPSA) is 148 Å². The molecule has 5 rings (SSSR count). The Morgan fingerprint density at radius 1 is 1.02 bits per heavy atom. The number of alkyl carbamates (subject to hydrolysis) is 1. The summed E-state index contributed by atoms with van der Waals surface area (Å²) in [6.45, 7) is 9.34. The highest BCUT2D eigenvalue weighted by Gasteiger charge is 2.25. The number of nitrogens with zero attached hydrogens (tertiary/aromatic N) is 4. The minimum Gasteiger partial charge on any atom is -0.444 e. The van der Waals surface area contributed by atoms with Crippen LogP contribution in [0.3, 0.4) is 0 Å². The molecule has 1 aromatic carbocycles. The second-order valence-electron chi connectivity index (χ2n) is 12.2. The largest absolute Gasteiger partial charge is 0.444 e. The van der Waals surface area contributed by atoms with Crippen molar-refractivity contribution in [1.82, 2.24) is 25.3 Å². The van der Waals surface area contributed by atoms with E-state index in [0.29, 0.717) is 29.3 Å². The van der Waals surface area contributed by atoms with Crippen LogP contribution in [0, 0.1) is 12.7 Å². The second-order valence-corrected chi connectivity index (χ2v) is 13.8. The molecule has 4 aromatic rings. The standard InChI is InChI=1S/C32H38FN7O4S/c1-6-20-17-25(23-15-16-28(35-19(23)2)40-45(42,43)27-10-8-7-9-24(27)33)38-26-18-34-30(39-29(20)26)36-21-11-13-22(14-12-21)37-31(41)44-32(3,4)5/h7-10,15-18,21-22H,6,11-14H2,1-5H3,(H,35,40)(H,37,41)(H,34,36,39). The number of nitrogens with one attached hydrogen (secondary N) is 3. The number of amides is 1. The van der Waals surface area contributed by atoms with Crippen LogP contribution < -0.4 is 15.4 Å². The predicted molar refractivity (Wildman–Crippen MR) is 171 cm³/mol. The lowest BCUT2D eigenvalue weighted by Crippen LogP contribution is -2.42. The van der Waals surface area contributed by atoms with Gasteiger partial charge in [0.1, 0.15) is 27.6 Å². The Morgan fingerprint density at radius 3 is 2.40 bits per heavy atom. The van der Waals surface area contributed by atoms with Gasteiger partial charge in [0.05, 0.1) is 17.4 Å². The van der Waals surface area contributed by atoms with Gasteiger partial charge in [0.15, 0.2) is 0 Å². The van der Waals surface area contributed by atoms with E-state index < -0.39 is 26.3 Å². The SMILES string of the molecule is CCc1cc(-c2ccc(NS(=O)(=O)c3ccccc3F)nc2C)nc2cnc(NC3CCC(NC(=O)OC(C)(C)C)CC3)nc12. The quantitative estimate of drug-likeness (QED) is 0.207. The molecule has 0 spiro atoms. The molecule has 1 aliphatic carbocycles. The van der Waals surface area contributed by atoms with E-state index in [-0.39, 0.29) is 24.0 Å². The zero-order chi connectivity index (χ0) is 32.4. The first-order valence-corrected chi connectivity index (χ1v) is 16.5. The van der Waals surface area contributed by atoms with E-state index in [4.69, 9.17) is 14.7 Å². The minimum atomic E-state index is -4.15. The molecule has 0 saturated heterocycles. The molecule has 1 fully saturated rings. The summed E-state index contributed by atoms with van der Waals surface area (Å²) in [4.78, 5) is 30.2. The number of anilines is 2. The van der Waals surface area contributed by atoms with Crippen LogP contribution in [0.4, 0.5) is 21.0 Å². The van der Waals surface area contributed by atoms with Crippen LogP contribution in [0.2, 0.25) is 0 Å². The Balaban J connectivity index is 1.28. The van der Waals surface area contributed by atoms with E-state index in [1.165, 1.54) is 24.3 Å². The Kier molecular flexibility index (Phi) is 9.19. The van der Waals surface area contributed by atoms with Gasteiger partial charge in [-0.2, -0.15) is 0 Å². The number of hydrogen-bond donors (Lipinski definition) is 3. The maximum Gasteiger partial charge on any atom is 0.407 e. The summed E-state index contributed by atoms with van der Waals surface area (Å²) in [5.41, 5.74) is 3.76. The zero-order valence-corrected chi connectivity index (χ0v) is 26.8. The van der Waals surface area contributed by atoms with Gasteiger partial charge in [-0.25, -0.2) is 37.5 Å². The molecule has 11 nitrogen and oxygen atoms in total. The van der Waals surface area contributed by atoms with E-state index in [1.807, 2.05) is 33.8 Å². The summed E-state index contributed by atoms with van der Waals surface area (Å²) in [5, 5.41) is 6.41. The number of aromatic nitrogens is 4. The zero-order valence-electron chi connectivity index (χ0n) is 26.0. The van der Waals surface area contributed by atoms with Gasteiger partial charge in [-0.3, -0.25) is 4.72 Å². The van der Waals surface area contributed by atoms with Crippen LogP contribution in [0.25, 0.3) is 22.3 Å². The van der Waals surface area contributed by atoms with Crippen molar-refractivity contribution in [2.75, 3.05) is 10.0 Å². The molecule has 0 bridgehead atoms. The van der Waals surface area contributed by atoms with Crippen LogP contribution in [-0.4, -0.2) is 52.1 Å². The molecule has 45 heavy (non-hydrogen) atoms. The third kappa shape index (κ3) is 7.83. The van der Waals surface area contributed by atoms with Crippen molar-refractivity contribution >= 4 is 38.9 Å². The van der Waals surface area contributed by atoms with Gasteiger partial charge in [0.25, 0.3) is 10.0 Å². The number of rotatable bonds is 8. The normalized spacial score (nSPS) is 17.1. The first-order valence-electron chi connectivity index (χ1n) is 15.0. The molecule has 1 saturated carbocycles. The van der Waals surface area contributed by atoms with Crippen LogP contribution in [0.1, 0.15) is 64.6 Å². The number of benzene rings is 1. The fraction of sp³-hybridized carbons (Fsp3) is 0.406. The van der Waals surface area contributed by atoms with Gasteiger partial charge >= 0.3 is 6.09 Å². The molecule has 13 heteroatoms.